The maximum absolute atomic E-state index is 12.9. The van der Waals surface area contributed by atoms with E-state index in [-0.39, 0.29) is 5.82 Å². The largest absolute Gasteiger partial charge is 0.493 e. The van der Waals surface area contributed by atoms with Gasteiger partial charge < -0.3 is 4.74 Å². The van der Waals surface area contributed by atoms with Crippen LogP contribution in [0.1, 0.15) is 32.6 Å². The Labute approximate surface area is 113 Å². The number of nitrogens with zero attached hydrogens (tertiary/aromatic N) is 1. The van der Waals surface area contributed by atoms with Crippen molar-refractivity contribution < 1.29 is 9.13 Å². The molecule has 19 heavy (non-hydrogen) atoms. The zero-order valence-corrected chi connectivity index (χ0v) is 11.2. The van der Waals surface area contributed by atoms with Gasteiger partial charge in [-0.05, 0) is 44.7 Å². The van der Waals surface area contributed by atoms with E-state index in [0.29, 0.717) is 18.4 Å². The lowest BCUT2D eigenvalue weighted by molar-refractivity contribution is 0.283. The van der Waals surface area contributed by atoms with Gasteiger partial charge in [0.05, 0.1) is 12.7 Å². The number of nitrogens with one attached hydrogen (secondary N) is 1. The highest BCUT2D eigenvalue weighted by molar-refractivity contribution is 5.22. The summed E-state index contributed by atoms with van der Waals surface area (Å²) in [4.78, 5) is 0. The summed E-state index contributed by atoms with van der Waals surface area (Å²) in [5.41, 5.74) is -0.480. The first-order valence-electron chi connectivity index (χ1n) is 6.69. The average Bonchev–Trinajstić information content (AvgIpc) is 3.19. The van der Waals surface area contributed by atoms with Crippen molar-refractivity contribution in [3.63, 3.8) is 0 Å². The summed E-state index contributed by atoms with van der Waals surface area (Å²) in [6, 6.07) is 8.95. The van der Waals surface area contributed by atoms with Crippen LogP contribution in [0.15, 0.2) is 24.3 Å². The predicted octanol–water partition coefficient (Wildman–Crippen LogP) is 3.02. The predicted molar refractivity (Wildman–Crippen MR) is 71.3 cm³/mol. The van der Waals surface area contributed by atoms with Gasteiger partial charge in [-0.1, -0.05) is 6.07 Å². The smallest absolute Gasteiger partial charge is 0.126 e. The zero-order valence-electron chi connectivity index (χ0n) is 11.2. The minimum absolute atomic E-state index is 0.297. The monoisotopic (exact) mass is 262 g/mol. The van der Waals surface area contributed by atoms with Crippen molar-refractivity contribution in [2.75, 3.05) is 6.61 Å². The molecule has 102 valence electrons. The van der Waals surface area contributed by atoms with Crippen molar-refractivity contribution in [3.8, 4) is 11.8 Å². The zero-order chi connectivity index (χ0) is 13.7. The van der Waals surface area contributed by atoms with Crippen LogP contribution in [0, 0.1) is 17.1 Å². The molecule has 3 nitrogen and oxygen atoms in total. The Kier molecular flexibility index (Phi) is 4.39. The normalized spacial score (nSPS) is 17.5. The van der Waals surface area contributed by atoms with Crippen molar-refractivity contribution in [3.05, 3.63) is 30.1 Å². The number of hydrogen-bond acceptors (Lipinski definition) is 3. The lowest BCUT2D eigenvalue weighted by Gasteiger charge is -2.23. The van der Waals surface area contributed by atoms with E-state index in [1.54, 1.807) is 12.1 Å². The van der Waals surface area contributed by atoms with E-state index in [4.69, 9.17) is 4.74 Å². The number of ether oxygens (including phenoxy) is 1. The number of benzene rings is 1. The van der Waals surface area contributed by atoms with Crippen LogP contribution < -0.4 is 10.1 Å². The summed E-state index contributed by atoms with van der Waals surface area (Å²) in [7, 11) is 0. The maximum Gasteiger partial charge on any atom is 0.126 e. The summed E-state index contributed by atoms with van der Waals surface area (Å²) < 4.78 is 18.4. The van der Waals surface area contributed by atoms with Crippen molar-refractivity contribution >= 4 is 0 Å². The van der Waals surface area contributed by atoms with Crippen molar-refractivity contribution in [2.45, 2.75) is 44.2 Å². The van der Waals surface area contributed by atoms with Gasteiger partial charge in [-0.2, -0.15) is 5.26 Å². The lowest BCUT2D eigenvalue weighted by Crippen LogP contribution is -2.42. The minimum Gasteiger partial charge on any atom is -0.493 e. The summed E-state index contributed by atoms with van der Waals surface area (Å²) in [6.07, 6.45) is 3.82. The second-order valence-corrected chi connectivity index (χ2v) is 5.27. The van der Waals surface area contributed by atoms with Crippen LogP contribution in [0.25, 0.3) is 0 Å². The standard InChI is InChI=1S/C15H19FN2O/c1-15(11-17,18-13-6-7-13)8-3-9-19-14-5-2-4-12(16)10-14/h2,4-5,10,13,18H,3,6-9H2,1H3. The minimum atomic E-state index is -0.480. The molecule has 1 fully saturated rings. The molecule has 0 radical (unpaired) electrons. The first kappa shape index (κ1) is 13.8. The Morgan fingerprint density at radius 2 is 2.32 bits per heavy atom. The van der Waals surface area contributed by atoms with Gasteiger partial charge in [0.25, 0.3) is 0 Å². The summed E-state index contributed by atoms with van der Waals surface area (Å²) in [5.74, 6) is 0.239. The van der Waals surface area contributed by atoms with Gasteiger partial charge >= 0.3 is 0 Å². The molecule has 0 heterocycles. The first-order chi connectivity index (χ1) is 9.11. The Morgan fingerprint density at radius 3 is 2.95 bits per heavy atom. The molecule has 0 aromatic heterocycles. The molecule has 1 aliphatic carbocycles. The second kappa shape index (κ2) is 6.03. The Hall–Kier alpha value is -1.60. The third-order valence-electron chi connectivity index (χ3n) is 3.23. The van der Waals surface area contributed by atoms with E-state index in [1.807, 2.05) is 6.92 Å². The second-order valence-electron chi connectivity index (χ2n) is 5.27. The fourth-order valence-corrected chi connectivity index (χ4v) is 2.01. The molecule has 1 aromatic carbocycles. The highest BCUT2D eigenvalue weighted by Gasteiger charge is 2.31. The lowest BCUT2D eigenvalue weighted by atomic mass is 9.98. The average molecular weight is 262 g/mol. The molecule has 1 unspecified atom stereocenters. The van der Waals surface area contributed by atoms with Gasteiger partial charge in [0, 0.05) is 12.1 Å². The molecular weight excluding hydrogens is 243 g/mol. The molecule has 1 aromatic rings. The topological polar surface area (TPSA) is 45.0 Å². The number of rotatable bonds is 7. The highest BCUT2D eigenvalue weighted by Crippen LogP contribution is 2.24. The molecular formula is C15H19FN2O. The van der Waals surface area contributed by atoms with Crippen LogP contribution in [0.4, 0.5) is 4.39 Å². The van der Waals surface area contributed by atoms with Crippen LogP contribution in [0.5, 0.6) is 5.75 Å². The van der Waals surface area contributed by atoms with Crippen LogP contribution >= 0.6 is 0 Å². The quantitative estimate of drug-likeness (QED) is 0.768. The Morgan fingerprint density at radius 1 is 1.53 bits per heavy atom. The van der Waals surface area contributed by atoms with Crippen LogP contribution in [-0.4, -0.2) is 18.2 Å². The summed E-state index contributed by atoms with van der Waals surface area (Å²) >= 11 is 0. The summed E-state index contributed by atoms with van der Waals surface area (Å²) in [6.45, 7) is 2.42. The SMILES string of the molecule is CC(C#N)(CCCOc1cccc(F)c1)NC1CC1. The first-order valence-corrected chi connectivity index (χ1v) is 6.69. The molecule has 0 aliphatic heterocycles. The van der Waals surface area contributed by atoms with Gasteiger partial charge in [0.2, 0.25) is 0 Å². The van der Waals surface area contributed by atoms with E-state index in [0.717, 1.165) is 25.7 Å². The van der Waals surface area contributed by atoms with Crippen molar-refractivity contribution in [1.82, 2.24) is 5.32 Å². The van der Waals surface area contributed by atoms with Crippen LogP contribution in [-0.2, 0) is 0 Å². The van der Waals surface area contributed by atoms with E-state index in [1.165, 1.54) is 12.1 Å². The third kappa shape index (κ3) is 4.53. The van der Waals surface area contributed by atoms with E-state index < -0.39 is 5.54 Å². The molecule has 1 atom stereocenters. The fraction of sp³-hybridized carbons (Fsp3) is 0.533. The van der Waals surface area contributed by atoms with Crippen LogP contribution in [0.3, 0.4) is 0 Å². The number of halogens is 1. The molecule has 4 heteroatoms. The molecule has 1 saturated carbocycles. The van der Waals surface area contributed by atoms with Gasteiger partial charge in [0.15, 0.2) is 0 Å². The molecule has 0 amide bonds. The van der Waals surface area contributed by atoms with E-state index >= 15 is 0 Å². The van der Waals surface area contributed by atoms with E-state index in [2.05, 4.69) is 11.4 Å². The van der Waals surface area contributed by atoms with Gasteiger partial charge in [-0.25, -0.2) is 4.39 Å². The Balaban J connectivity index is 1.72. The van der Waals surface area contributed by atoms with Gasteiger partial charge in [-0.15, -0.1) is 0 Å². The third-order valence-corrected chi connectivity index (χ3v) is 3.23. The molecule has 1 aliphatic rings. The van der Waals surface area contributed by atoms with Crippen LogP contribution in [0.2, 0.25) is 0 Å². The maximum atomic E-state index is 12.9. The molecule has 0 saturated heterocycles. The highest BCUT2D eigenvalue weighted by atomic mass is 19.1. The summed E-state index contributed by atoms with van der Waals surface area (Å²) in [5, 5.41) is 12.6. The van der Waals surface area contributed by atoms with Gasteiger partial charge in [0.1, 0.15) is 17.1 Å². The fourth-order valence-electron chi connectivity index (χ4n) is 2.01. The van der Waals surface area contributed by atoms with Crippen molar-refractivity contribution in [1.29, 1.82) is 5.26 Å². The Bertz CT molecular complexity index is 467. The molecule has 2 rings (SSSR count). The molecule has 1 N–H and O–H groups in total. The van der Waals surface area contributed by atoms with E-state index in [9.17, 15) is 9.65 Å². The van der Waals surface area contributed by atoms with Crippen molar-refractivity contribution in [2.24, 2.45) is 0 Å². The van der Waals surface area contributed by atoms with Gasteiger partial charge in [-0.3, -0.25) is 5.32 Å². The molecule has 0 spiro atoms. The number of nitriles is 1. The number of hydrogen-bond donors (Lipinski definition) is 1. The molecule has 0 bridgehead atoms.